The van der Waals surface area contributed by atoms with Crippen LogP contribution in [0.1, 0.15) is 6.42 Å². The molecule has 1 fully saturated rings. The summed E-state index contributed by atoms with van der Waals surface area (Å²) in [6.07, 6.45) is 1.16. The molecule has 0 radical (unpaired) electrons. The van der Waals surface area contributed by atoms with E-state index in [0.717, 1.165) is 19.5 Å². The maximum atomic E-state index is 13.1. The van der Waals surface area contributed by atoms with Crippen LogP contribution >= 0.6 is 11.6 Å². The van der Waals surface area contributed by atoms with Crippen LogP contribution in [0.4, 0.5) is 4.39 Å². The molecule has 0 spiro atoms. The average molecular weight is 272 g/mol. The predicted octanol–water partition coefficient (Wildman–Crippen LogP) is 1.88. The molecule has 18 heavy (non-hydrogen) atoms. The van der Waals surface area contributed by atoms with E-state index in [9.17, 15) is 4.39 Å². The molecule has 2 rings (SSSR count). The smallest absolute Gasteiger partial charge is 0.191 e. The first-order chi connectivity index (χ1) is 8.66. The summed E-state index contributed by atoms with van der Waals surface area (Å²) in [5, 5.41) is 0.0856. The van der Waals surface area contributed by atoms with Crippen molar-refractivity contribution in [2.24, 2.45) is 10.7 Å². The molecule has 0 atom stereocenters. The van der Waals surface area contributed by atoms with Gasteiger partial charge in [-0.15, -0.1) is 0 Å². The lowest BCUT2D eigenvalue weighted by Gasteiger charge is -2.31. The summed E-state index contributed by atoms with van der Waals surface area (Å²) in [6.45, 7) is 2.75. The highest BCUT2D eigenvalue weighted by Crippen LogP contribution is 2.20. The third-order valence-electron chi connectivity index (χ3n) is 2.70. The van der Waals surface area contributed by atoms with Crippen molar-refractivity contribution >= 4 is 17.6 Å². The van der Waals surface area contributed by atoms with E-state index in [2.05, 4.69) is 4.99 Å². The zero-order valence-electron chi connectivity index (χ0n) is 9.90. The second-order valence-corrected chi connectivity index (χ2v) is 4.41. The zero-order chi connectivity index (χ0) is 13.0. The van der Waals surface area contributed by atoms with Gasteiger partial charge in [0.2, 0.25) is 0 Å². The molecule has 2 N–H and O–H groups in total. The van der Waals surface area contributed by atoms with Gasteiger partial charge in [-0.1, -0.05) is 11.6 Å². The molecule has 1 aromatic rings. The molecule has 4 nitrogen and oxygen atoms in total. The number of halogens is 2. The Hall–Kier alpha value is -1.49. The molecule has 1 aromatic carbocycles. The molecule has 0 bridgehead atoms. The van der Waals surface area contributed by atoms with Gasteiger partial charge >= 0.3 is 0 Å². The lowest BCUT2D eigenvalue weighted by atomic mass is 10.2. The van der Waals surface area contributed by atoms with Crippen LogP contribution < -0.4 is 10.5 Å². The maximum absolute atomic E-state index is 13.1. The lowest BCUT2D eigenvalue weighted by Crippen LogP contribution is -2.46. The highest BCUT2D eigenvalue weighted by molar-refractivity contribution is 6.30. The summed E-state index contributed by atoms with van der Waals surface area (Å²) in [5.74, 6) is 0.500. The Labute approximate surface area is 110 Å². The van der Waals surface area contributed by atoms with Gasteiger partial charge in [0.25, 0.3) is 0 Å². The first kappa shape index (κ1) is 13.0. The third-order valence-corrected chi connectivity index (χ3v) is 3.01. The lowest BCUT2D eigenvalue weighted by molar-refractivity contribution is 0.292. The van der Waals surface area contributed by atoms with E-state index in [0.29, 0.717) is 24.9 Å². The number of hydrogen-bond donors (Lipinski definition) is 1. The monoisotopic (exact) mass is 271 g/mol. The number of nitrogens with zero attached hydrogens (tertiary/aromatic N) is 2. The van der Waals surface area contributed by atoms with Gasteiger partial charge in [0.05, 0.1) is 11.6 Å². The number of guanidine groups is 1. The van der Waals surface area contributed by atoms with Crippen molar-refractivity contribution in [1.82, 2.24) is 4.90 Å². The highest BCUT2D eigenvalue weighted by atomic mass is 35.5. The van der Waals surface area contributed by atoms with Crippen LogP contribution in [0.3, 0.4) is 0 Å². The van der Waals surface area contributed by atoms with Crippen molar-refractivity contribution in [2.75, 3.05) is 26.2 Å². The first-order valence-electron chi connectivity index (χ1n) is 5.79. The first-order valence-corrected chi connectivity index (χ1v) is 6.17. The van der Waals surface area contributed by atoms with E-state index in [1.807, 2.05) is 4.90 Å². The standard InChI is InChI=1S/C12H15ClFN3O/c13-10-3-2-9(8-11(10)14)18-7-4-16-12(15)17-5-1-6-17/h2-3,8H,1,4-7H2,(H2,15,16). The Bertz CT molecular complexity index is 449. The average Bonchev–Trinajstić information content (AvgIpc) is 2.27. The Balaban J connectivity index is 1.76. The quantitative estimate of drug-likeness (QED) is 0.517. The van der Waals surface area contributed by atoms with Crippen LogP contribution in [-0.2, 0) is 0 Å². The fourth-order valence-corrected chi connectivity index (χ4v) is 1.65. The molecular weight excluding hydrogens is 257 g/mol. The third kappa shape index (κ3) is 3.26. The van der Waals surface area contributed by atoms with E-state index in [1.54, 1.807) is 6.07 Å². The predicted molar refractivity (Wildman–Crippen MR) is 69.6 cm³/mol. The van der Waals surface area contributed by atoms with Gasteiger partial charge in [0.1, 0.15) is 18.2 Å². The molecule has 0 aromatic heterocycles. The number of ether oxygens (including phenoxy) is 1. The van der Waals surface area contributed by atoms with E-state index in [4.69, 9.17) is 22.1 Å². The fraction of sp³-hybridized carbons (Fsp3) is 0.417. The van der Waals surface area contributed by atoms with Gasteiger partial charge in [-0.05, 0) is 18.6 Å². The van der Waals surface area contributed by atoms with Crippen LogP contribution in [0.5, 0.6) is 5.75 Å². The topological polar surface area (TPSA) is 50.9 Å². The number of benzene rings is 1. The number of hydrogen-bond acceptors (Lipinski definition) is 2. The van der Waals surface area contributed by atoms with Gasteiger partial charge in [-0.25, -0.2) is 9.38 Å². The summed E-state index contributed by atoms with van der Waals surface area (Å²) >= 11 is 5.57. The van der Waals surface area contributed by atoms with Crippen LogP contribution in [0.15, 0.2) is 23.2 Å². The van der Waals surface area contributed by atoms with Crippen molar-refractivity contribution in [2.45, 2.75) is 6.42 Å². The number of rotatable bonds is 4. The second-order valence-electron chi connectivity index (χ2n) is 4.00. The Kier molecular flexibility index (Phi) is 4.25. The molecule has 1 aliphatic heterocycles. The number of nitrogens with two attached hydrogens (primary N) is 1. The second kappa shape index (κ2) is 5.91. The van der Waals surface area contributed by atoms with Gasteiger partial charge < -0.3 is 15.4 Å². The Morgan fingerprint density at radius 3 is 2.89 bits per heavy atom. The summed E-state index contributed by atoms with van der Waals surface area (Å²) in [5.41, 5.74) is 5.75. The van der Waals surface area contributed by atoms with Gasteiger partial charge in [-0.2, -0.15) is 0 Å². The van der Waals surface area contributed by atoms with Gasteiger partial charge in [0, 0.05) is 19.2 Å². The van der Waals surface area contributed by atoms with Crippen molar-refractivity contribution in [3.8, 4) is 5.75 Å². The molecule has 6 heteroatoms. The summed E-state index contributed by atoms with van der Waals surface area (Å²) < 4.78 is 18.5. The molecule has 1 heterocycles. The van der Waals surface area contributed by atoms with Crippen molar-refractivity contribution < 1.29 is 9.13 Å². The maximum Gasteiger partial charge on any atom is 0.191 e. The number of aliphatic imine (C=N–C) groups is 1. The summed E-state index contributed by atoms with van der Waals surface area (Å²) in [7, 11) is 0. The molecule has 0 aliphatic carbocycles. The summed E-state index contributed by atoms with van der Waals surface area (Å²) in [4.78, 5) is 6.18. The van der Waals surface area contributed by atoms with Crippen LogP contribution in [0, 0.1) is 5.82 Å². The van der Waals surface area contributed by atoms with Crippen molar-refractivity contribution in [1.29, 1.82) is 0 Å². The van der Waals surface area contributed by atoms with E-state index >= 15 is 0 Å². The molecule has 0 saturated carbocycles. The minimum absolute atomic E-state index is 0.0856. The normalized spacial score (nSPS) is 15.4. The largest absolute Gasteiger partial charge is 0.492 e. The summed E-state index contributed by atoms with van der Waals surface area (Å²) in [6, 6.07) is 4.34. The van der Waals surface area contributed by atoms with Crippen LogP contribution in [0.25, 0.3) is 0 Å². The van der Waals surface area contributed by atoms with Crippen molar-refractivity contribution in [3.05, 3.63) is 29.0 Å². The van der Waals surface area contributed by atoms with Gasteiger partial charge in [-0.3, -0.25) is 0 Å². The molecule has 0 unspecified atom stereocenters. The van der Waals surface area contributed by atoms with E-state index in [-0.39, 0.29) is 5.02 Å². The van der Waals surface area contributed by atoms with E-state index < -0.39 is 5.82 Å². The Morgan fingerprint density at radius 2 is 2.28 bits per heavy atom. The van der Waals surface area contributed by atoms with Crippen molar-refractivity contribution in [3.63, 3.8) is 0 Å². The Morgan fingerprint density at radius 1 is 1.50 bits per heavy atom. The minimum Gasteiger partial charge on any atom is -0.492 e. The highest BCUT2D eigenvalue weighted by Gasteiger charge is 2.14. The molecule has 1 aliphatic rings. The number of likely N-dealkylation sites (tertiary alicyclic amines) is 1. The zero-order valence-corrected chi connectivity index (χ0v) is 10.7. The fourth-order valence-electron chi connectivity index (χ4n) is 1.54. The van der Waals surface area contributed by atoms with Crippen LogP contribution in [0.2, 0.25) is 5.02 Å². The molecule has 98 valence electrons. The molecule has 1 saturated heterocycles. The van der Waals surface area contributed by atoms with E-state index in [1.165, 1.54) is 12.1 Å². The minimum atomic E-state index is -0.488. The van der Waals surface area contributed by atoms with Crippen LogP contribution in [-0.4, -0.2) is 37.1 Å². The molecular formula is C12H15ClFN3O. The molecule has 0 amide bonds. The SMILES string of the molecule is NC(=NCCOc1ccc(Cl)c(F)c1)N1CCC1. The van der Waals surface area contributed by atoms with Gasteiger partial charge in [0.15, 0.2) is 5.96 Å².